The van der Waals surface area contributed by atoms with Crippen molar-refractivity contribution >= 4 is 10.9 Å². The number of rotatable bonds is 2. The van der Waals surface area contributed by atoms with E-state index >= 15 is 0 Å². The zero-order valence-electron chi connectivity index (χ0n) is 12.2. The Bertz CT molecular complexity index is 732. The molecule has 0 radical (unpaired) electrons. The molecule has 0 N–H and O–H groups in total. The molecular formula is C17H17F2NO. The Morgan fingerprint density at radius 1 is 0.905 bits per heavy atom. The highest BCUT2D eigenvalue weighted by Crippen LogP contribution is 2.24. The van der Waals surface area contributed by atoms with E-state index in [2.05, 4.69) is 0 Å². The number of nitrogens with zero attached hydrogens (tertiary/aromatic N) is 1. The van der Waals surface area contributed by atoms with Gasteiger partial charge in [-0.05, 0) is 36.4 Å². The number of ether oxygens (including phenoxy) is 1. The molecule has 1 heterocycles. The van der Waals surface area contributed by atoms with Gasteiger partial charge in [0.1, 0.15) is 5.75 Å². The lowest BCUT2D eigenvalue weighted by atomic mass is 10.2. The highest BCUT2D eigenvalue weighted by molar-refractivity contribution is 5.82. The predicted octanol–water partition coefficient (Wildman–Crippen LogP) is 4.94. The number of benzene rings is 2. The predicted molar refractivity (Wildman–Crippen MR) is 81.1 cm³/mol. The van der Waals surface area contributed by atoms with E-state index in [0.29, 0.717) is 10.9 Å². The molecule has 0 aliphatic rings. The fraction of sp³-hybridized carbons (Fsp3) is 0.176. The van der Waals surface area contributed by atoms with Crippen molar-refractivity contribution in [3.05, 3.63) is 60.3 Å². The molecule has 0 atom stereocenters. The number of hydrogen-bond donors (Lipinski definition) is 0. The average Bonchev–Trinajstić information content (AvgIpc) is 2.92. The molecule has 110 valence electrons. The Morgan fingerprint density at radius 2 is 1.52 bits per heavy atom. The minimum Gasteiger partial charge on any atom is -0.497 e. The van der Waals surface area contributed by atoms with Crippen LogP contribution in [-0.4, -0.2) is 11.7 Å². The summed E-state index contributed by atoms with van der Waals surface area (Å²) in [5.74, 6) is -0.932. The smallest absolute Gasteiger partial charge is 0.160 e. The van der Waals surface area contributed by atoms with Crippen LogP contribution >= 0.6 is 0 Å². The molecule has 4 heteroatoms. The third-order valence-electron chi connectivity index (χ3n) is 3.08. The van der Waals surface area contributed by atoms with Crippen LogP contribution < -0.4 is 4.74 Å². The van der Waals surface area contributed by atoms with Gasteiger partial charge >= 0.3 is 0 Å². The molecule has 0 saturated carbocycles. The maximum Gasteiger partial charge on any atom is 0.160 e. The quantitative estimate of drug-likeness (QED) is 0.651. The molecular weight excluding hydrogens is 272 g/mol. The first-order valence-electron chi connectivity index (χ1n) is 6.79. The molecule has 2 nitrogen and oxygen atoms in total. The molecule has 2 aromatic carbocycles. The Kier molecular flexibility index (Phi) is 4.58. The highest BCUT2D eigenvalue weighted by Gasteiger charge is 2.08. The van der Waals surface area contributed by atoms with Gasteiger partial charge in [-0.15, -0.1) is 0 Å². The maximum absolute atomic E-state index is 13.3. The summed E-state index contributed by atoms with van der Waals surface area (Å²) in [4.78, 5) is 0. The largest absolute Gasteiger partial charge is 0.497 e. The Morgan fingerprint density at radius 3 is 2.14 bits per heavy atom. The van der Waals surface area contributed by atoms with Crippen molar-refractivity contribution < 1.29 is 13.5 Å². The first-order chi connectivity index (χ1) is 10.2. The van der Waals surface area contributed by atoms with Gasteiger partial charge in [-0.1, -0.05) is 13.8 Å². The van der Waals surface area contributed by atoms with E-state index in [1.54, 1.807) is 23.9 Å². The zero-order chi connectivity index (χ0) is 15.4. The highest BCUT2D eigenvalue weighted by atomic mass is 19.2. The molecule has 0 fully saturated rings. The third-order valence-corrected chi connectivity index (χ3v) is 3.08. The first kappa shape index (κ1) is 15.0. The van der Waals surface area contributed by atoms with E-state index < -0.39 is 11.6 Å². The van der Waals surface area contributed by atoms with Crippen LogP contribution in [0.2, 0.25) is 0 Å². The lowest BCUT2D eigenvalue weighted by Gasteiger charge is -2.07. The fourth-order valence-electron chi connectivity index (χ4n) is 2.10. The molecule has 3 rings (SSSR count). The van der Waals surface area contributed by atoms with E-state index in [9.17, 15) is 8.78 Å². The van der Waals surface area contributed by atoms with Gasteiger partial charge in [0.05, 0.1) is 12.6 Å². The fourth-order valence-corrected chi connectivity index (χ4v) is 2.10. The minimum absolute atomic E-state index is 0.629. The summed E-state index contributed by atoms with van der Waals surface area (Å²) >= 11 is 0. The summed E-state index contributed by atoms with van der Waals surface area (Å²) in [5.41, 5.74) is 1.49. The molecule has 0 spiro atoms. The van der Waals surface area contributed by atoms with Gasteiger partial charge < -0.3 is 9.30 Å². The van der Waals surface area contributed by atoms with E-state index in [1.165, 1.54) is 12.1 Å². The topological polar surface area (TPSA) is 14.2 Å². The van der Waals surface area contributed by atoms with Gasteiger partial charge in [-0.2, -0.15) is 0 Å². The minimum atomic E-state index is -0.846. The second kappa shape index (κ2) is 6.39. The van der Waals surface area contributed by atoms with Crippen LogP contribution in [0.4, 0.5) is 8.78 Å². The summed E-state index contributed by atoms with van der Waals surface area (Å²) in [6, 6.07) is 11.5. The lowest BCUT2D eigenvalue weighted by molar-refractivity contribution is 0.415. The molecule has 0 amide bonds. The Balaban J connectivity index is 0.000000774. The monoisotopic (exact) mass is 289 g/mol. The van der Waals surface area contributed by atoms with Gasteiger partial charge in [-0.25, -0.2) is 8.78 Å². The van der Waals surface area contributed by atoms with Crippen molar-refractivity contribution in [1.82, 2.24) is 4.57 Å². The summed E-state index contributed by atoms with van der Waals surface area (Å²) in [6.07, 6.45) is 1.78. The average molecular weight is 289 g/mol. The van der Waals surface area contributed by atoms with Crippen LogP contribution in [0.1, 0.15) is 13.8 Å². The van der Waals surface area contributed by atoms with Gasteiger partial charge in [-0.3, -0.25) is 0 Å². The van der Waals surface area contributed by atoms with Crippen molar-refractivity contribution in [2.75, 3.05) is 7.11 Å². The summed E-state index contributed by atoms with van der Waals surface area (Å²) in [7, 11) is 1.60. The van der Waals surface area contributed by atoms with Gasteiger partial charge in [0.15, 0.2) is 11.6 Å². The molecule has 0 saturated heterocycles. The number of hydrogen-bond acceptors (Lipinski definition) is 1. The molecule has 0 bridgehead atoms. The van der Waals surface area contributed by atoms with E-state index in [-0.39, 0.29) is 0 Å². The van der Waals surface area contributed by atoms with Crippen molar-refractivity contribution in [1.29, 1.82) is 0 Å². The maximum atomic E-state index is 13.3. The summed E-state index contributed by atoms with van der Waals surface area (Å²) in [6.45, 7) is 4.00. The van der Waals surface area contributed by atoms with Gasteiger partial charge in [0, 0.05) is 23.3 Å². The summed E-state index contributed by atoms with van der Waals surface area (Å²) in [5, 5.41) is 0.662. The van der Waals surface area contributed by atoms with Crippen molar-refractivity contribution in [3.8, 4) is 11.4 Å². The number of aromatic nitrogens is 1. The second-order valence-electron chi connectivity index (χ2n) is 4.21. The second-order valence-corrected chi connectivity index (χ2v) is 4.21. The van der Waals surface area contributed by atoms with Crippen molar-refractivity contribution in [2.45, 2.75) is 13.8 Å². The molecule has 3 aromatic rings. The lowest BCUT2D eigenvalue weighted by Crippen LogP contribution is -1.93. The molecule has 0 aliphatic carbocycles. The number of halogens is 2. The van der Waals surface area contributed by atoms with E-state index in [0.717, 1.165) is 11.4 Å². The van der Waals surface area contributed by atoms with E-state index in [1.807, 2.05) is 38.1 Å². The number of methoxy groups -OCH3 is 1. The van der Waals surface area contributed by atoms with Crippen molar-refractivity contribution in [3.63, 3.8) is 0 Å². The zero-order valence-corrected chi connectivity index (χ0v) is 12.2. The van der Waals surface area contributed by atoms with E-state index in [4.69, 9.17) is 4.74 Å². The molecule has 1 aromatic heterocycles. The third kappa shape index (κ3) is 2.89. The van der Waals surface area contributed by atoms with Crippen LogP contribution in [0, 0.1) is 11.6 Å². The normalized spacial score (nSPS) is 10.1. The van der Waals surface area contributed by atoms with Crippen LogP contribution in [0.3, 0.4) is 0 Å². The molecule has 21 heavy (non-hydrogen) atoms. The van der Waals surface area contributed by atoms with Crippen LogP contribution in [0.15, 0.2) is 48.7 Å². The molecule has 0 aliphatic heterocycles. The van der Waals surface area contributed by atoms with Crippen molar-refractivity contribution in [2.24, 2.45) is 0 Å². The summed E-state index contributed by atoms with van der Waals surface area (Å²) < 4.78 is 33.4. The van der Waals surface area contributed by atoms with Crippen LogP contribution in [-0.2, 0) is 0 Å². The SMILES string of the molecule is CC.COc1ccc(-n2ccc3cc(F)c(F)cc32)cc1. The first-order valence-corrected chi connectivity index (χ1v) is 6.79. The van der Waals surface area contributed by atoms with Crippen LogP contribution in [0.25, 0.3) is 16.6 Å². The van der Waals surface area contributed by atoms with Gasteiger partial charge in [0.25, 0.3) is 0 Å². The Labute approximate surface area is 122 Å². The Hall–Kier alpha value is -2.36. The standard InChI is InChI=1S/C15H11F2NO.C2H6/c1-19-12-4-2-11(3-5-12)18-7-6-10-8-13(16)14(17)9-15(10)18;1-2/h2-9H,1H3;1-2H3. The van der Waals surface area contributed by atoms with Gasteiger partial charge in [0.2, 0.25) is 0 Å². The molecule has 0 unspecified atom stereocenters. The van der Waals surface area contributed by atoms with Crippen LogP contribution in [0.5, 0.6) is 5.75 Å². The number of fused-ring (bicyclic) bond motifs is 1.